The molecule has 1 unspecified atom stereocenters. The summed E-state index contributed by atoms with van der Waals surface area (Å²) in [5, 5.41) is 13.4. The highest BCUT2D eigenvalue weighted by atomic mass is 16.3. The van der Waals surface area contributed by atoms with E-state index in [9.17, 15) is 5.11 Å². The predicted octanol–water partition coefficient (Wildman–Crippen LogP) is 3.62. The third-order valence-corrected chi connectivity index (χ3v) is 4.05. The van der Waals surface area contributed by atoms with E-state index in [0.717, 1.165) is 12.1 Å². The second kappa shape index (κ2) is 5.09. The van der Waals surface area contributed by atoms with Gasteiger partial charge in [-0.05, 0) is 31.2 Å². The maximum absolute atomic E-state index is 9.80. The van der Waals surface area contributed by atoms with Gasteiger partial charge in [0, 0.05) is 18.2 Å². The fraction of sp³-hybridized carbons (Fsp3) is 0.600. The van der Waals surface area contributed by atoms with Gasteiger partial charge in [-0.15, -0.1) is 0 Å². The summed E-state index contributed by atoms with van der Waals surface area (Å²) in [5.41, 5.74) is 1.45. The lowest BCUT2D eigenvalue weighted by atomic mass is 9.88. The molecule has 0 bridgehead atoms. The fourth-order valence-corrected chi connectivity index (χ4v) is 2.77. The second-order valence-electron chi connectivity index (χ2n) is 5.68. The first-order valence-corrected chi connectivity index (χ1v) is 6.62. The molecule has 2 heteroatoms. The molecule has 2 N–H and O–H groups in total. The standard InChI is InChI=1S/C15H23NO/c1-12(13-7-3-4-8-14(13)17)16-11-15(2)9-5-6-10-15/h3-4,7-8,12,16-17H,5-6,9-11H2,1-2H3. The number of phenols is 1. The molecule has 1 atom stereocenters. The maximum atomic E-state index is 9.80. The van der Waals surface area contributed by atoms with Gasteiger partial charge in [-0.3, -0.25) is 0 Å². The van der Waals surface area contributed by atoms with E-state index >= 15 is 0 Å². The molecule has 0 aliphatic heterocycles. The molecule has 0 aromatic heterocycles. The summed E-state index contributed by atoms with van der Waals surface area (Å²) in [4.78, 5) is 0. The molecule has 1 aromatic rings. The van der Waals surface area contributed by atoms with Crippen LogP contribution in [0.4, 0.5) is 0 Å². The average molecular weight is 233 g/mol. The molecule has 0 amide bonds. The van der Waals surface area contributed by atoms with Crippen LogP contribution in [0.3, 0.4) is 0 Å². The SMILES string of the molecule is CC(NCC1(C)CCCC1)c1ccccc1O. The number of hydrogen-bond acceptors (Lipinski definition) is 2. The summed E-state index contributed by atoms with van der Waals surface area (Å²) >= 11 is 0. The van der Waals surface area contributed by atoms with Crippen LogP contribution in [0.2, 0.25) is 0 Å². The molecular formula is C15H23NO. The van der Waals surface area contributed by atoms with E-state index in [1.165, 1.54) is 25.7 Å². The van der Waals surface area contributed by atoms with Crippen molar-refractivity contribution in [2.45, 2.75) is 45.6 Å². The van der Waals surface area contributed by atoms with E-state index in [4.69, 9.17) is 0 Å². The first-order chi connectivity index (χ1) is 8.11. The Morgan fingerprint density at radius 2 is 1.94 bits per heavy atom. The minimum Gasteiger partial charge on any atom is -0.508 e. The molecule has 1 saturated carbocycles. The van der Waals surface area contributed by atoms with Crippen molar-refractivity contribution in [3.63, 3.8) is 0 Å². The highest BCUT2D eigenvalue weighted by Gasteiger charge is 2.28. The highest BCUT2D eigenvalue weighted by molar-refractivity contribution is 5.34. The Bertz CT molecular complexity index is 369. The number of rotatable bonds is 4. The molecule has 2 rings (SSSR count). The predicted molar refractivity (Wildman–Crippen MR) is 71.1 cm³/mol. The summed E-state index contributed by atoms with van der Waals surface area (Å²) in [7, 11) is 0. The zero-order valence-corrected chi connectivity index (χ0v) is 10.9. The molecule has 1 fully saturated rings. The van der Waals surface area contributed by atoms with Crippen molar-refractivity contribution in [1.82, 2.24) is 5.32 Å². The molecule has 17 heavy (non-hydrogen) atoms. The number of nitrogens with one attached hydrogen (secondary N) is 1. The monoisotopic (exact) mass is 233 g/mol. The van der Waals surface area contributed by atoms with Crippen LogP contribution in [-0.4, -0.2) is 11.7 Å². The zero-order chi connectivity index (χ0) is 12.3. The number of para-hydroxylation sites is 1. The van der Waals surface area contributed by atoms with Crippen LogP contribution in [0, 0.1) is 5.41 Å². The molecule has 2 nitrogen and oxygen atoms in total. The Kier molecular flexibility index (Phi) is 3.72. The normalized spacial score (nSPS) is 20.4. The van der Waals surface area contributed by atoms with E-state index in [0.29, 0.717) is 11.2 Å². The number of benzene rings is 1. The van der Waals surface area contributed by atoms with Gasteiger partial charge in [0.2, 0.25) is 0 Å². The smallest absolute Gasteiger partial charge is 0.120 e. The van der Waals surface area contributed by atoms with Crippen molar-refractivity contribution in [2.75, 3.05) is 6.54 Å². The average Bonchev–Trinajstić information content (AvgIpc) is 2.74. The van der Waals surface area contributed by atoms with Crippen molar-refractivity contribution < 1.29 is 5.11 Å². The third kappa shape index (κ3) is 3.01. The Balaban J connectivity index is 1.93. The van der Waals surface area contributed by atoms with Crippen LogP contribution < -0.4 is 5.32 Å². The van der Waals surface area contributed by atoms with Crippen molar-refractivity contribution in [3.05, 3.63) is 29.8 Å². The lowest BCUT2D eigenvalue weighted by Crippen LogP contribution is -2.31. The molecule has 0 spiro atoms. The molecule has 94 valence electrons. The van der Waals surface area contributed by atoms with Gasteiger partial charge in [-0.2, -0.15) is 0 Å². The molecule has 0 saturated heterocycles. The second-order valence-corrected chi connectivity index (χ2v) is 5.68. The summed E-state index contributed by atoms with van der Waals surface area (Å²) < 4.78 is 0. The Hall–Kier alpha value is -1.02. The van der Waals surface area contributed by atoms with Crippen LogP contribution >= 0.6 is 0 Å². The van der Waals surface area contributed by atoms with Crippen molar-refractivity contribution in [1.29, 1.82) is 0 Å². The van der Waals surface area contributed by atoms with Crippen LogP contribution in [0.15, 0.2) is 24.3 Å². The van der Waals surface area contributed by atoms with Gasteiger partial charge in [0.1, 0.15) is 5.75 Å². The van der Waals surface area contributed by atoms with Crippen LogP contribution in [-0.2, 0) is 0 Å². The summed E-state index contributed by atoms with van der Waals surface area (Å²) in [6.45, 7) is 5.53. The largest absolute Gasteiger partial charge is 0.508 e. The van der Waals surface area contributed by atoms with E-state index in [1.807, 2.05) is 18.2 Å². The Morgan fingerprint density at radius 1 is 1.29 bits per heavy atom. The molecular weight excluding hydrogens is 210 g/mol. The van der Waals surface area contributed by atoms with Gasteiger partial charge in [-0.1, -0.05) is 38.0 Å². The van der Waals surface area contributed by atoms with E-state index < -0.39 is 0 Å². The summed E-state index contributed by atoms with van der Waals surface area (Å²) in [6.07, 6.45) is 5.38. The Morgan fingerprint density at radius 3 is 2.59 bits per heavy atom. The lowest BCUT2D eigenvalue weighted by Gasteiger charge is -2.26. The molecule has 0 radical (unpaired) electrons. The van der Waals surface area contributed by atoms with E-state index in [1.54, 1.807) is 6.07 Å². The molecule has 1 aromatic carbocycles. The van der Waals surface area contributed by atoms with Gasteiger partial charge in [-0.25, -0.2) is 0 Å². The van der Waals surface area contributed by atoms with Crippen LogP contribution in [0.5, 0.6) is 5.75 Å². The fourth-order valence-electron chi connectivity index (χ4n) is 2.77. The number of phenolic OH excluding ortho intramolecular Hbond substituents is 1. The van der Waals surface area contributed by atoms with E-state index in [-0.39, 0.29) is 6.04 Å². The van der Waals surface area contributed by atoms with Gasteiger partial charge in [0.05, 0.1) is 0 Å². The first kappa shape index (κ1) is 12.4. The number of hydrogen-bond donors (Lipinski definition) is 2. The van der Waals surface area contributed by atoms with Gasteiger partial charge < -0.3 is 10.4 Å². The van der Waals surface area contributed by atoms with Crippen molar-refractivity contribution in [3.8, 4) is 5.75 Å². The minimum atomic E-state index is 0.216. The third-order valence-electron chi connectivity index (χ3n) is 4.05. The van der Waals surface area contributed by atoms with Crippen molar-refractivity contribution in [2.24, 2.45) is 5.41 Å². The molecule has 0 heterocycles. The van der Waals surface area contributed by atoms with E-state index in [2.05, 4.69) is 19.2 Å². The summed E-state index contributed by atoms with van der Waals surface area (Å²) in [6, 6.07) is 7.80. The minimum absolute atomic E-state index is 0.216. The quantitative estimate of drug-likeness (QED) is 0.832. The lowest BCUT2D eigenvalue weighted by molar-refractivity contribution is 0.300. The van der Waals surface area contributed by atoms with Crippen LogP contribution in [0.1, 0.15) is 51.1 Å². The Labute approximate surface area is 104 Å². The van der Waals surface area contributed by atoms with Gasteiger partial charge in [0.15, 0.2) is 0 Å². The van der Waals surface area contributed by atoms with Crippen LogP contribution in [0.25, 0.3) is 0 Å². The topological polar surface area (TPSA) is 32.3 Å². The highest BCUT2D eigenvalue weighted by Crippen LogP contribution is 2.37. The zero-order valence-electron chi connectivity index (χ0n) is 10.9. The molecule has 1 aliphatic rings. The number of aromatic hydroxyl groups is 1. The van der Waals surface area contributed by atoms with Gasteiger partial charge >= 0.3 is 0 Å². The summed E-state index contributed by atoms with van der Waals surface area (Å²) in [5.74, 6) is 0.393. The first-order valence-electron chi connectivity index (χ1n) is 6.62. The van der Waals surface area contributed by atoms with Crippen molar-refractivity contribution >= 4 is 0 Å². The molecule has 1 aliphatic carbocycles. The van der Waals surface area contributed by atoms with Gasteiger partial charge in [0.25, 0.3) is 0 Å². The maximum Gasteiger partial charge on any atom is 0.120 e.